The van der Waals surface area contributed by atoms with E-state index in [-0.39, 0.29) is 0 Å². The molecule has 1 aromatic heterocycles. The fraction of sp³-hybridized carbons (Fsp3) is 0.786. The number of nitrogens with one attached hydrogen (secondary N) is 1. The van der Waals surface area contributed by atoms with Crippen LogP contribution in [-0.2, 0) is 0 Å². The van der Waals surface area contributed by atoms with Gasteiger partial charge < -0.3 is 5.32 Å². The molecule has 2 rings (SSSR count). The summed E-state index contributed by atoms with van der Waals surface area (Å²) >= 11 is 1.82. The maximum absolute atomic E-state index is 4.73. The van der Waals surface area contributed by atoms with Crippen molar-refractivity contribution in [3.63, 3.8) is 0 Å². The van der Waals surface area contributed by atoms with E-state index >= 15 is 0 Å². The molecule has 3 nitrogen and oxygen atoms in total. The van der Waals surface area contributed by atoms with Crippen LogP contribution in [0.4, 0.5) is 0 Å². The Bertz CT molecular complexity index is 382. The van der Waals surface area contributed by atoms with Crippen LogP contribution >= 0.6 is 11.3 Å². The Labute approximate surface area is 115 Å². The first-order valence-electron chi connectivity index (χ1n) is 7.03. The van der Waals surface area contributed by atoms with Crippen LogP contribution in [0.5, 0.6) is 0 Å². The summed E-state index contributed by atoms with van der Waals surface area (Å²) in [5, 5.41) is 4.70. The lowest BCUT2D eigenvalue weighted by molar-refractivity contribution is 0.125. The maximum Gasteiger partial charge on any atom is 0.0900 e. The van der Waals surface area contributed by atoms with E-state index in [1.807, 2.05) is 11.3 Å². The third-order valence-corrected chi connectivity index (χ3v) is 4.84. The molecule has 1 aliphatic heterocycles. The first-order chi connectivity index (χ1) is 8.63. The van der Waals surface area contributed by atoms with E-state index in [9.17, 15) is 0 Å². The Balaban J connectivity index is 2.13. The Kier molecular flexibility index (Phi) is 4.76. The molecule has 0 spiro atoms. The topological polar surface area (TPSA) is 28.2 Å². The highest BCUT2D eigenvalue weighted by Gasteiger charge is 2.26. The van der Waals surface area contributed by atoms with Crippen molar-refractivity contribution < 1.29 is 0 Å². The summed E-state index contributed by atoms with van der Waals surface area (Å²) in [5.74, 6) is 0. The van der Waals surface area contributed by atoms with Crippen molar-refractivity contribution in [3.8, 4) is 0 Å². The van der Waals surface area contributed by atoms with E-state index in [0.717, 1.165) is 13.1 Å². The van der Waals surface area contributed by atoms with E-state index in [4.69, 9.17) is 4.98 Å². The molecule has 0 bridgehead atoms. The van der Waals surface area contributed by atoms with E-state index in [1.54, 1.807) is 0 Å². The minimum atomic E-state index is 0.435. The predicted octanol–water partition coefficient (Wildman–Crippen LogP) is 2.89. The lowest BCUT2D eigenvalue weighted by atomic mass is 10.0. The molecule has 0 amide bonds. The molecule has 0 aromatic carbocycles. The van der Waals surface area contributed by atoms with Gasteiger partial charge in [-0.05, 0) is 46.7 Å². The zero-order valence-electron chi connectivity index (χ0n) is 12.0. The highest BCUT2D eigenvalue weighted by Crippen LogP contribution is 2.29. The second kappa shape index (κ2) is 6.13. The lowest BCUT2D eigenvalue weighted by Gasteiger charge is -2.37. The molecule has 1 aliphatic rings. The number of rotatable bonds is 4. The number of likely N-dealkylation sites (N-methyl/N-ethyl adjacent to an activating group) is 1. The monoisotopic (exact) mass is 267 g/mol. The van der Waals surface area contributed by atoms with Crippen molar-refractivity contribution >= 4 is 11.3 Å². The molecule has 2 atom stereocenters. The van der Waals surface area contributed by atoms with Gasteiger partial charge in [-0.25, -0.2) is 4.98 Å². The van der Waals surface area contributed by atoms with Crippen molar-refractivity contribution in [2.45, 2.75) is 52.6 Å². The Morgan fingerprint density at radius 1 is 1.50 bits per heavy atom. The Hall–Kier alpha value is -0.450. The molecular formula is C14H25N3S. The second-order valence-corrected chi connectivity index (χ2v) is 6.59. The molecule has 102 valence electrons. The standard InChI is InChI=1S/C14H25N3S/c1-5-17(13-7-6-8-15-9-13)10(2)14-11(3)18-12(4)16-14/h10,13,15H,5-9H2,1-4H3. The zero-order chi connectivity index (χ0) is 13.1. The van der Waals surface area contributed by atoms with Crippen molar-refractivity contribution in [1.29, 1.82) is 0 Å². The highest BCUT2D eigenvalue weighted by atomic mass is 32.1. The van der Waals surface area contributed by atoms with E-state index in [1.165, 1.54) is 35.0 Å². The van der Waals surface area contributed by atoms with E-state index in [2.05, 4.69) is 37.9 Å². The maximum atomic E-state index is 4.73. The number of aryl methyl sites for hydroxylation is 2. The predicted molar refractivity (Wildman–Crippen MR) is 78.3 cm³/mol. The molecule has 0 saturated carbocycles. The van der Waals surface area contributed by atoms with Crippen LogP contribution in [0, 0.1) is 13.8 Å². The van der Waals surface area contributed by atoms with Crippen LogP contribution in [0.25, 0.3) is 0 Å². The lowest BCUT2D eigenvalue weighted by Crippen LogP contribution is -2.47. The van der Waals surface area contributed by atoms with Crippen molar-refractivity contribution in [3.05, 3.63) is 15.6 Å². The largest absolute Gasteiger partial charge is 0.315 e. The summed E-state index contributed by atoms with van der Waals surface area (Å²) in [6, 6.07) is 1.10. The molecule has 1 N–H and O–H groups in total. The molecule has 1 aromatic rings. The second-order valence-electron chi connectivity index (χ2n) is 5.18. The molecule has 1 fully saturated rings. The number of nitrogens with zero attached hydrogens (tertiary/aromatic N) is 2. The van der Waals surface area contributed by atoms with Gasteiger partial charge in [-0.15, -0.1) is 11.3 Å². The van der Waals surface area contributed by atoms with Crippen LogP contribution < -0.4 is 5.32 Å². The molecule has 0 aliphatic carbocycles. The van der Waals surface area contributed by atoms with E-state index < -0.39 is 0 Å². The normalized spacial score (nSPS) is 22.4. The molecule has 18 heavy (non-hydrogen) atoms. The van der Waals surface area contributed by atoms with Gasteiger partial charge in [-0.3, -0.25) is 4.90 Å². The summed E-state index contributed by atoms with van der Waals surface area (Å²) in [7, 11) is 0. The summed E-state index contributed by atoms with van der Waals surface area (Å²) in [4.78, 5) is 8.71. The van der Waals surface area contributed by atoms with Crippen LogP contribution in [0.2, 0.25) is 0 Å². The van der Waals surface area contributed by atoms with Crippen LogP contribution in [0.15, 0.2) is 0 Å². The van der Waals surface area contributed by atoms with E-state index in [0.29, 0.717) is 12.1 Å². The third kappa shape index (κ3) is 2.92. The molecular weight excluding hydrogens is 242 g/mol. The van der Waals surface area contributed by atoms with Gasteiger partial charge in [0.25, 0.3) is 0 Å². The number of hydrogen-bond acceptors (Lipinski definition) is 4. The van der Waals surface area contributed by atoms with Gasteiger partial charge in [-0.2, -0.15) is 0 Å². The Morgan fingerprint density at radius 3 is 2.78 bits per heavy atom. The average molecular weight is 267 g/mol. The van der Waals surface area contributed by atoms with Gasteiger partial charge in [0.1, 0.15) is 0 Å². The smallest absolute Gasteiger partial charge is 0.0900 e. The molecule has 0 radical (unpaired) electrons. The first-order valence-corrected chi connectivity index (χ1v) is 7.85. The quantitative estimate of drug-likeness (QED) is 0.909. The zero-order valence-corrected chi connectivity index (χ0v) is 12.8. The number of hydrogen-bond donors (Lipinski definition) is 1. The van der Waals surface area contributed by atoms with Gasteiger partial charge >= 0.3 is 0 Å². The molecule has 1 saturated heterocycles. The van der Waals surface area contributed by atoms with Crippen LogP contribution in [0.3, 0.4) is 0 Å². The van der Waals surface area contributed by atoms with Crippen molar-refractivity contribution in [2.75, 3.05) is 19.6 Å². The molecule has 4 heteroatoms. The number of aromatic nitrogens is 1. The van der Waals surface area contributed by atoms with Gasteiger partial charge in [0, 0.05) is 17.5 Å². The summed E-state index contributed by atoms with van der Waals surface area (Å²) < 4.78 is 0. The summed E-state index contributed by atoms with van der Waals surface area (Å²) in [6.45, 7) is 12.3. The minimum Gasteiger partial charge on any atom is -0.315 e. The van der Waals surface area contributed by atoms with Gasteiger partial charge in [0.2, 0.25) is 0 Å². The Morgan fingerprint density at radius 2 is 2.28 bits per heavy atom. The fourth-order valence-electron chi connectivity index (χ4n) is 3.05. The highest BCUT2D eigenvalue weighted by molar-refractivity contribution is 7.11. The van der Waals surface area contributed by atoms with Crippen LogP contribution in [0.1, 0.15) is 48.3 Å². The average Bonchev–Trinajstić information content (AvgIpc) is 2.70. The number of piperidine rings is 1. The molecule has 2 heterocycles. The number of thiazole rings is 1. The van der Waals surface area contributed by atoms with Crippen LogP contribution in [-0.4, -0.2) is 35.6 Å². The van der Waals surface area contributed by atoms with Crippen molar-refractivity contribution in [2.24, 2.45) is 0 Å². The SMILES string of the molecule is CCN(C1CCCNC1)C(C)c1nc(C)sc1C. The minimum absolute atomic E-state index is 0.435. The first kappa shape index (κ1) is 14.0. The van der Waals surface area contributed by atoms with Gasteiger partial charge in [-0.1, -0.05) is 6.92 Å². The summed E-state index contributed by atoms with van der Waals surface area (Å²) in [6.07, 6.45) is 2.61. The van der Waals surface area contributed by atoms with Gasteiger partial charge in [0.15, 0.2) is 0 Å². The summed E-state index contributed by atoms with van der Waals surface area (Å²) in [5.41, 5.74) is 1.28. The van der Waals surface area contributed by atoms with Gasteiger partial charge in [0.05, 0.1) is 16.7 Å². The molecule has 2 unspecified atom stereocenters. The van der Waals surface area contributed by atoms with Crippen molar-refractivity contribution in [1.82, 2.24) is 15.2 Å². The fourth-order valence-corrected chi connectivity index (χ4v) is 3.96. The third-order valence-electron chi connectivity index (χ3n) is 3.94.